The molecule has 2 aliphatic carbocycles. The first-order valence-corrected chi connectivity index (χ1v) is 10.7. The van der Waals surface area contributed by atoms with Crippen molar-refractivity contribution in [3.05, 3.63) is 29.8 Å². The van der Waals surface area contributed by atoms with Crippen molar-refractivity contribution in [2.45, 2.75) is 38.6 Å². The maximum Gasteiger partial charge on any atom is 0.238 e. The Bertz CT molecular complexity index is 727. The van der Waals surface area contributed by atoms with E-state index in [1.807, 2.05) is 29.2 Å². The second kappa shape index (κ2) is 8.21. The van der Waals surface area contributed by atoms with E-state index in [-0.39, 0.29) is 23.8 Å². The van der Waals surface area contributed by atoms with Crippen LogP contribution < -0.4 is 11.1 Å². The minimum atomic E-state index is 0.0100. The van der Waals surface area contributed by atoms with Gasteiger partial charge in [-0.05, 0) is 49.1 Å². The van der Waals surface area contributed by atoms with Crippen LogP contribution in [0.25, 0.3) is 0 Å². The largest absolute Gasteiger partial charge is 0.340 e. The Balaban J connectivity index is 1.26. The average Bonchev–Trinajstić information content (AvgIpc) is 3.30. The molecule has 6 heteroatoms. The minimum absolute atomic E-state index is 0.0100. The van der Waals surface area contributed by atoms with Gasteiger partial charge in [0.05, 0.1) is 12.5 Å². The number of carbonyl (C=O) groups excluding carboxylic acids is 2. The molecule has 4 atom stereocenters. The second-order valence-corrected chi connectivity index (χ2v) is 8.60. The highest BCUT2D eigenvalue weighted by atomic mass is 16.2. The van der Waals surface area contributed by atoms with E-state index in [9.17, 15) is 9.59 Å². The number of nitrogens with zero attached hydrogens (tertiary/aromatic N) is 2. The summed E-state index contributed by atoms with van der Waals surface area (Å²) >= 11 is 0. The van der Waals surface area contributed by atoms with E-state index in [0.717, 1.165) is 43.6 Å². The molecule has 1 saturated heterocycles. The Morgan fingerprint density at radius 3 is 2.50 bits per heavy atom. The van der Waals surface area contributed by atoms with Gasteiger partial charge in [0.15, 0.2) is 0 Å². The molecule has 152 valence electrons. The predicted molar refractivity (Wildman–Crippen MR) is 110 cm³/mol. The van der Waals surface area contributed by atoms with E-state index < -0.39 is 0 Å². The molecular formula is C22H32N4O2. The molecule has 0 aromatic heterocycles. The monoisotopic (exact) mass is 384 g/mol. The molecule has 0 radical (unpaired) electrons. The van der Waals surface area contributed by atoms with E-state index in [1.54, 1.807) is 0 Å². The van der Waals surface area contributed by atoms with Crippen LogP contribution in [0.5, 0.6) is 0 Å². The third-order valence-corrected chi connectivity index (χ3v) is 6.99. The van der Waals surface area contributed by atoms with Crippen LogP contribution in [0.3, 0.4) is 0 Å². The zero-order valence-corrected chi connectivity index (χ0v) is 16.8. The van der Waals surface area contributed by atoms with E-state index in [4.69, 9.17) is 5.73 Å². The summed E-state index contributed by atoms with van der Waals surface area (Å²) in [5, 5.41) is 3.03. The van der Waals surface area contributed by atoms with E-state index >= 15 is 0 Å². The normalized spacial score (nSPS) is 29.9. The van der Waals surface area contributed by atoms with Crippen LogP contribution in [0.2, 0.25) is 0 Å². The smallest absolute Gasteiger partial charge is 0.238 e. The molecule has 1 heterocycles. The standard InChI is InChI=1S/C22H32N4O2/c1-2-15-5-3-4-6-18(15)24-19(27)14-25-9-11-26(12-10-25)22(28)20-16-7-8-17(13-16)21(20)23/h3-6,16-17,20-21H,2,7-14,23H2,1H3,(H,24,27). The van der Waals surface area contributed by atoms with Gasteiger partial charge >= 0.3 is 0 Å². The molecule has 2 bridgehead atoms. The molecule has 0 spiro atoms. The fraction of sp³-hybridized carbons (Fsp3) is 0.636. The van der Waals surface area contributed by atoms with Gasteiger partial charge in [-0.3, -0.25) is 14.5 Å². The van der Waals surface area contributed by atoms with Crippen LogP contribution in [-0.2, 0) is 16.0 Å². The first kappa shape index (κ1) is 19.4. The number of nitrogens with one attached hydrogen (secondary N) is 1. The van der Waals surface area contributed by atoms with Crippen LogP contribution in [-0.4, -0.2) is 60.4 Å². The van der Waals surface area contributed by atoms with Gasteiger partial charge in [-0.25, -0.2) is 0 Å². The van der Waals surface area contributed by atoms with Crippen LogP contribution in [0, 0.1) is 17.8 Å². The number of hydrogen-bond donors (Lipinski definition) is 2. The minimum Gasteiger partial charge on any atom is -0.340 e. The Hall–Kier alpha value is -1.92. The van der Waals surface area contributed by atoms with Gasteiger partial charge in [-0.2, -0.15) is 0 Å². The second-order valence-electron chi connectivity index (χ2n) is 8.60. The Morgan fingerprint density at radius 2 is 1.82 bits per heavy atom. The van der Waals surface area contributed by atoms with Crippen molar-refractivity contribution in [3.63, 3.8) is 0 Å². The summed E-state index contributed by atoms with van der Waals surface area (Å²) in [5.74, 6) is 1.33. The molecule has 3 aliphatic rings. The molecule has 2 saturated carbocycles. The number of fused-ring (bicyclic) bond motifs is 2. The summed E-state index contributed by atoms with van der Waals surface area (Å²) in [7, 11) is 0. The number of hydrogen-bond acceptors (Lipinski definition) is 4. The zero-order valence-electron chi connectivity index (χ0n) is 16.8. The Labute approximate surface area is 167 Å². The van der Waals surface area contributed by atoms with E-state index in [1.165, 1.54) is 6.42 Å². The van der Waals surface area contributed by atoms with Crippen LogP contribution in [0.15, 0.2) is 24.3 Å². The molecule has 4 rings (SSSR count). The quantitative estimate of drug-likeness (QED) is 0.810. The van der Waals surface area contributed by atoms with Crippen molar-refractivity contribution in [2.24, 2.45) is 23.5 Å². The maximum atomic E-state index is 13.0. The highest BCUT2D eigenvalue weighted by Gasteiger charge is 2.50. The Kier molecular flexibility index (Phi) is 5.69. The van der Waals surface area contributed by atoms with Gasteiger partial charge in [0.25, 0.3) is 0 Å². The summed E-state index contributed by atoms with van der Waals surface area (Å²) in [4.78, 5) is 29.6. The summed E-state index contributed by atoms with van der Waals surface area (Å²) in [5.41, 5.74) is 8.40. The third-order valence-electron chi connectivity index (χ3n) is 6.99. The number of amides is 2. The van der Waals surface area contributed by atoms with Crippen LogP contribution >= 0.6 is 0 Å². The zero-order chi connectivity index (χ0) is 19.7. The first-order valence-electron chi connectivity index (χ1n) is 10.7. The molecule has 1 aromatic rings. The lowest BCUT2D eigenvalue weighted by atomic mass is 9.84. The molecule has 1 aromatic carbocycles. The fourth-order valence-electron chi connectivity index (χ4n) is 5.38. The van der Waals surface area contributed by atoms with Crippen molar-refractivity contribution in [1.82, 2.24) is 9.80 Å². The van der Waals surface area contributed by atoms with Gasteiger partial charge in [0.2, 0.25) is 11.8 Å². The molecule has 3 N–H and O–H groups in total. The first-order chi connectivity index (χ1) is 13.6. The maximum absolute atomic E-state index is 13.0. The van der Waals surface area contributed by atoms with Crippen LogP contribution in [0.4, 0.5) is 5.69 Å². The summed E-state index contributed by atoms with van der Waals surface area (Å²) < 4.78 is 0. The van der Waals surface area contributed by atoms with Gasteiger partial charge in [0.1, 0.15) is 0 Å². The SMILES string of the molecule is CCc1ccccc1NC(=O)CN1CCN(C(=O)C2C3CCC(C3)C2N)CC1. The summed E-state index contributed by atoms with van der Waals surface area (Å²) in [6.45, 7) is 5.32. The molecule has 28 heavy (non-hydrogen) atoms. The Morgan fingerprint density at radius 1 is 1.11 bits per heavy atom. The van der Waals surface area contributed by atoms with Crippen molar-refractivity contribution in [3.8, 4) is 0 Å². The molecule has 1 aliphatic heterocycles. The number of carbonyl (C=O) groups is 2. The topological polar surface area (TPSA) is 78.7 Å². The summed E-state index contributed by atoms with van der Waals surface area (Å²) in [6, 6.07) is 7.98. The number of anilines is 1. The van der Waals surface area contributed by atoms with Crippen molar-refractivity contribution in [2.75, 3.05) is 38.0 Å². The molecule has 2 amide bonds. The molecule has 3 fully saturated rings. The molecule has 6 nitrogen and oxygen atoms in total. The molecule has 4 unspecified atom stereocenters. The number of benzene rings is 1. The van der Waals surface area contributed by atoms with Crippen molar-refractivity contribution >= 4 is 17.5 Å². The highest BCUT2D eigenvalue weighted by Crippen LogP contribution is 2.48. The van der Waals surface area contributed by atoms with Crippen LogP contribution in [0.1, 0.15) is 31.7 Å². The lowest BCUT2D eigenvalue weighted by Gasteiger charge is -2.38. The lowest BCUT2D eigenvalue weighted by molar-refractivity contribution is -0.139. The average molecular weight is 385 g/mol. The third kappa shape index (κ3) is 3.80. The lowest BCUT2D eigenvalue weighted by Crippen LogP contribution is -2.54. The number of aryl methyl sites for hydroxylation is 1. The number of para-hydroxylation sites is 1. The number of piperazine rings is 1. The van der Waals surface area contributed by atoms with E-state index in [2.05, 4.69) is 17.1 Å². The molecular weight excluding hydrogens is 352 g/mol. The summed E-state index contributed by atoms with van der Waals surface area (Å²) in [6.07, 6.45) is 4.38. The van der Waals surface area contributed by atoms with Gasteiger partial charge in [0, 0.05) is 37.9 Å². The van der Waals surface area contributed by atoms with Gasteiger partial charge in [-0.1, -0.05) is 25.1 Å². The van der Waals surface area contributed by atoms with Gasteiger partial charge in [-0.15, -0.1) is 0 Å². The highest BCUT2D eigenvalue weighted by molar-refractivity contribution is 5.93. The fourth-order valence-corrected chi connectivity index (χ4v) is 5.38. The van der Waals surface area contributed by atoms with Crippen molar-refractivity contribution < 1.29 is 9.59 Å². The van der Waals surface area contributed by atoms with Crippen molar-refractivity contribution in [1.29, 1.82) is 0 Å². The predicted octanol–water partition coefficient (Wildman–Crippen LogP) is 1.71. The number of rotatable bonds is 5. The van der Waals surface area contributed by atoms with Gasteiger partial charge < -0.3 is 16.0 Å². The van der Waals surface area contributed by atoms with E-state index in [0.29, 0.717) is 31.5 Å². The number of nitrogens with two attached hydrogens (primary N) is 1.